The zero-order chi connectivity index (χ0) is 12.6. The van der Waals surface area contributed by atoms with Crippen molar-refractivity contribution < 1.29 is 4.79 Å². The number of benzene rings is 1. The predicted octanol–water partition coefficient (Wildman–Crippen LogP) is 2.89. The first kappa shape index (κ1) is 11.9. The van der Waals surface area contributed by atoms with Crippen LogP contribution in [0.2, 0.25) is 0 Å². The van der Waals surface area contributed by atoms with Crippen LogP contribution in [0.1, 0.15) is 44.1 Å². The average molecular weight is 243 g/mol. The quantitative estimate of drug-likeness (QED) is 0.881. The Bertz CT molecular complexity index is 434. The molecule has 1 aromatic carbocycles. The molecule has 2 aliphatic rings. The van der Waals surface area contributed by atoms with Gasteiger partial charge in [-0.15, -0.1) is 0 Å². The Kier molecular flexibility index (Phi) is 2.98. The molecule has 1 saturated carbocycles. The van der Waals surface area contributed by atoms with Gasteiger partial charge in [0.15, 0.2) is 5.78 Å². The summed E-state index contributed by atoms with van der Waals surface area (Å²) in [5.41, 5.74) is 1.13. The molecular weight excluding hydrogens is 222 g/mol. The van der Waals surface area contributed by atoms with Crippen molar-refractivity contribution in [3.63, 3.8) is 0 Å². The standard InChI is InChI=1S/C16H21NO/c1-2-16(9-6-10-17-16)15(18)14-11-13(14)12-7-4-3-5-8-12/h3-5,7-8,13-14,17H,2,6,9-11H2,1H3. The fraction of sp³-hybridized carbons (Fsp3) is 0.562. The summed E-state index contributed by atoms with van der Waals surface area (Å²) in [6.45, 7) is 3.14. The Labute approximate surface area is 109 Å². The van der Waals surface area contributed by atoms with Gasteiger partial charge in [-0.1, -0.05) is 37.3 Å². The molecule has 1 aromatic rings. The fourth-order valence-corrected chi connectivity index (χ4v) is 3.40. The largest absolute Gasteiger partial charge is 0.305 e. The van der Waals surface area contributed by atoms with Crippen molar-refractivity contribution in [2.75, 3.05) is 6.54 Å². The number of carbonyl (C=O) groups excluding carboxylic acids is 1. The second kappa shape index (κ2) is 4.51. The van der Waals surface area contributed by atoms with Crippen molar-refractivity contribution in [3.05, 3.63) is 35.9 Å². The molecule has 0 radical (unpaired) electrons. The predicted molar refractivity (Wildman–Crippen MR) is 72.6 cm³/mol. The molecule has 18 heavy (non-hydrogen) atoms. The van der Waals surface area contributed by atoms with Crippen LogP contribution in [-0.4, -0.2) is 17.9 Å². The minimum absolute atomic E-state index is 0.200. The van der Waals surface area contributed by atoms with Gasteiger partial charge in [-0.05, 0) is 43.7 Å². The first-order valence-corrected chi connectivity index (χ1v) is 7.11. The van der Waals surface area contributed by atoms with Crippen LogP contribution < -0.4 is 5.32 Å². The third-order valence-corrected chi connectivity index (χ3v) is 4.67. The van der Waals surface area contributed by atoms with Crippen LogP contribution in [-0.2, 0) is 4.79 Å². The van der Waals surface area contributed by atoms with Crippen LogP contribution in [0.5, 0.6) is 0 Å². The zero-order valence-electron chi connectivity index (χ0n) is 11.0. The Morgan fingerprint density at radius 3 is 2.78 bits per heavy atom. The molecular formula is C16H21NO. The second-order valence-electron chi connectivity index (χ2n) is 5.69. The van der Waals surface area contributed by atoms with E-state index in [4.69, 9.17) is 0 Å². The Morgan fingerprint density at radius 2 is 2.17 bits per heavy atom. The van der Waals surface area contributed by atoms with Crippen molar-refractivity contribution in [2.24, 2.45) is 5.92 Å². The van der Waals surface area contributed by atoms with Crippen molar-refractivity contribution in [1.82, 2.24) is 5.32 Å². The SMILES string of the molecule is CCC1(C(=O)C2CC2c2ccccc2)CCCN1. The minimum atomic E-state index is -0.200. The van der Waals surface area contributed by atoms with Crippen LogP contribution in [0.4, 0.5) is 0 Å². The molecule has 1 N–H and O–H groups in total. The summed E-state index contributed by atoms with van der Waals surface area (Å²) in [5.74, 6) is 1.21. The first-order valence-electron chi connectivity index (χ1n) is 7.11. The van der Waals surface area contributed by atoms with E-state index in [-0.39, 0.29) is 11.5 Å². The Balaban J connectivity index is 1.73. The molecule has 3 atom stereocenters. The van der Waals surface area contributed by atoms with E-state index in [1.54, 1.807) is 0 Å². The monoisotopic (exact) mass is 243 g/mol. The molecule has 3 unspecified atom stereocenters. The lowest BCUT2D eigenvalue weighted by Gasteiger charge is -2.26. The molecule has 1 aliphatic heterocycles. The van der Waals surface area contributed by atoms with E-state index >= 15 is 0 Å². The number of Topliss-reactive ketones (excluding diaryl/α,β-unsaturated/α-hetero) is 1. The minimum Gasteiger partial charge on any atom is -0.305 e. The van der Waals surface area contributed by atoms with Gasteiger partial charge in [0.2, 0.25) is 0 Å². The molecule has 0 spiro atoms. The van der Waals surface area contributed by atoms with Gasteiger partial charge in [0, 0.05) is 5.92 Å². The molecule has 1 saturated heterocycles. The normalized spacial score (nSPS) is 34.5. The van der Waals surface area contributed by atoms with Gasteiger partial charge in [0.05, 0.1) is 5.54 Å². The molecule has 0 bridgehead atoms. The van der Waals surface area contributed by atoms with Gasteiger partial charge >= 0.3 is 0 Å². The number of hydrogen-bond acceptors (Lipinski definition) is 2. The van der Waals surface area contributed by atoms with Crippen LogP contribution in [0.15, 0.2) is 30.3 Å². The smallest absolute Gasteiger partial charge is 0.156 e. The summed E-state index contributed by atoms with van der Waals surface area (Å²) < 4.78 is 0. The van der Waals surface area contributed by atoms with E-state index in [9.17, 15) is 4.79 Å². The highest BCUT2D eigenvalue weighted by molar-refractivity contribution is 5.93. The highest BCUT2D eigenvalue weighted by Gasteiger charge is 2.51. The molecule has 2 heteroatoms. The molecule has 0 amide bonds. The molecule has 1 heterocycles. The van der Waals surface area contributed by atoms with Crippen LogP contribution >= 0.6 is 0 Å². The number of hydrogen-bond donors (Lipinski definition) is 1. The lowest BCUT2D eigenvalue weighted by molar-refractivity contribution is -0.126. The van der Waals surface area contributed by atoms with Gasteiger partial charge < -0.3 is 5.32 Å². The first-order chi connectivity index (χ1) is 8.77. The van der Waals surface area contributed by atoms with E-state index in [2.05, 4.69) is 36.5 Å². The van der Waals surface area contributed by atoms with Gasteiger partial charge in [-0.25, -0.2) is 0 Å². The van der Waals surface area contributed by atoms with Crippen LogP contribution in [0.25, 0.3) is 0 Å². The maximum absolute atomic E-state index is 12.7. The van der Waals surface area contributed by atoms with Crippen LogP contribution in [0, 0.1) is 5.92 Å². The molecule has 96 valence electrons. The van der Waals surface area contributed by atoms with Crippen molar-refractivity contribution in [2.45, 2.75) is 44.1 Å². The maximum atomic E-state index is 12.7. The van der Waals surface area contributed by atoms with Crippen molar-refractivity contribution in [1.29, 1.82) is 0 Å². The lowest BCUT2D eigenvalue weighted by atomic mass is 9.85. The summed E-state index contributed by atoms with van der Waals surface area (Å²) in [6.07, 6.45) is 4.15. The van der Waals surface area contributed by atoms with E-state index in [1.807, 2.05) is 6.07 Å². The van der Waals surface area contributed by atoms with Gasteiger partial charge in [-0.3, -0.25) is 4.79 Å². The topological polar surface area (TPSA) is 29.1 Å². The summed E-state index contributed by atoms with van der Waals surface area (Å²) in [5, 5.41) is 3.46. The van der Waals surface area contributed by atoms with E-state index in [0.717, 1.165) is 32.2 Å². The average Bonchev–Trinajstić information content (AvgIpc) is 3.08. The maximum Gasteiger partial charge on any atom is 0.156 e. The van der Waals surface area contributed by atoms with Crippen molar-refractivity contribution in [3.8, 4) is 0 Å². The number of ketones is 1. The fourth-order valence-electron chi connectivity index (χ4n) is 3.40. The molecule has 2 nitrogen and oxygen atoms in total. The third kappa shape index (κ3) is 1.89. The molecule has 0 aromatic heterocycles. The summed E-state index contributed by atoms with van der Waals surface area (Å²) in [6, 6.07) is 10.5. The van der Waals surface area contributed by atoms with E-state index in [0.29, 0.717) is 11.7 Å². The number of rotatable bonds is 4. The number of nitrogens with one attached hydrogen (secondary N) is 1. The zero-order valence-corrected chi connectivity index (χ0v) is 11.0. The van der Waals surface area contributed by atoms with Gasteiger partial charge in [0.25, 0.3) is 0 Å². The molecule has 2 fully saturated rings. The van der Waals surface area contributed by atoms with E-state index in [1.165, 1.54) is 5.56 Å². The summed E-state index contributed by atoms with van der Waals surface area (Å²) in [7, 11) is 0. The second-order valence-corrected chi connectivity index (χ2v) is 5.69. The Morgan fingerprint density at radius 1 is 1.39 bits per heavy atom. The van der Waals surface area contributed by atoms with E-state index < -0.39 is 0 Å². The highest BCUT2D eigenvalue weighted by Crippen LogP contribution is 2.50. The molecule has 1 aliphatic carbocycles. The summed E-state index contributed by atoms with van der Waals surface area (Å²) >= 11 is 0. The van der Waals surface area contributed by atoms with Gasteiger partial charge in [-0.2, -0.15) is 0 Å². The third-order valence-electron chi connectivity index (χ3n) is 4.67. The summed E-state index contributed by atoms with van der Waals surface area (Å²) in [4.78, 5) is 12.7. The lowest BCUT2D eigenvalue weighted by Crippen LogP contribution is -2.48. The Hall–Kier alpha value is -1.15. The van der Waals surface area contributed by atoms with Crippen LogP contribution in [0.3, 0.4) is 0 Å². The number of carbonyl (C=O) groups is 1. The molecule has 3 rings (SSSR count). The highest BCUT2D eigenvalue weighted by atomic mass is 16.1. The van der Waals surface area contributed by atoms with Crippen molar-refractivity contribution >= 4 is 5.78 Å². The van der Waals surface area contributed by atoms with Gasteiger partial charge in [0.1, 0.15) is 0 Å².